The summed E-state index contributed by atoms with van der Waals surface area (Å²) in [4.78, 5) is 30.7. The molecule has 0 bridgehead atoms. The van der Waals surface area contributed by atoms with E-state index in [2.05, 4.69) is 68.4 Å². The van der Waals surface area contributed by atoms with Crippen LogP contribution >= 0.6 is 0 Å². The number of hydrogen-bond acceptors (Lipinski definition) is 4. The van der Waals surface area contributed by atoms with Gasteiger partial charge in [0, 0.05) is 18.3 Å². The van der Waals surface area contributed by atoms with E-state index in [1.165, 1.54) is 21.8 Å². The van der Waals surface area contributed by atoms with Gasteiger partial charge in [-0.25, -0.2) is 4.79 Å². The highest BCUT2D eigenvalue weighted by atomic mass is 16.8. The number of hydrogen-bond donors (Lipinski definition) is 0. The molecular formula is C30H33NO4. The van der Waals surface area contributed by atoms with Crippen LogP contribution in [0.25, 0.3) is 11.1 Å². The number of amides is 1. The van der Waals surface area contributed by atoms with Gasteiger partial charge in [0.15, 0.2) is 0 Å². The molecule has 0 saturated carbocycles. The standard InChI is InChI=1S/C30H33NO4/c1-20-14-15-21(2)25(16-20)23-12-9-13-24(17-23)27-19-31(35-29(33)34-30(3,4)5)28(32)18-26(27)22-10-7-6-8-11-22/h6-17,26-27H,18-19H2,1-5H3/t26-,27+/m1/s1. The molecule has 1 fully saturated rings. The number of ether oxygens (including phenoxy) is 1. The van der Waals surface area contributed by atoms with Gasteiger partial charge in [-0.2, -0.15) is 5.06 Å². The molecule has 1 aliphatic rings. The first-order valence-corrected chi connectivity index (χ1v) is 12.0. The Hall–Kier alpha value is -3.60. The monoisotopic (exact) mass is 471 g/mol. The van der Waals surface area contributed by atoms with Crippen LogP contribution in [0, 0.1) is 13.8 Å². The predicted octanol–water partition coefficient (Wildman–Crippen LogP) is 6.94. The lowest BCUT2D eigenvalue weighted by Crippen LogP contribution is -2.44. The van der Waals surface area contributed by atoms with Crippen molar-refractivity contribution in [1.82, 2.24) is 5.06 Å². The maximum atomic E-state index is 13.0. The lowest BCUT2D eigenvalue weighted by Gasteiger charge is -2.37. The zero-order valence-corrected chi connectivity index (χ0v) is 21.1. The maximum absolute atomic E-state index is 13.0. The first kappa shape index (κ1) is 24.5. The van der Waals surface area contributed by atoms with Crippen molar-refractivity contribution in [3.8, 4) is 11.1 Å². The number of nitrogens with zero attached hydrogens (tertiary/aromatic N) is 1. The Kier molecular flexibility index (Phi) is 6.97. The average Bonchev–Trinajstić information content (AvgIpc) is 2.81. The minimum Gasteiger partial charge on any atom is -0.427 e. The summed E-state index contributed by atoms with van der Waals surface area (Å²) in [7, 11) is 0. The Labute approximate surface area is 207 Å². The highest BCUT2D eigenvalue weighted by molar-refractivity contribution is 5.79. The van der Waals surface area contributed by atoms with E-state index in [1.54, 1.807) is 20.8 Å². The number of carbonyl (C=O) groups excluding carboxylic acids is 2. The van der Waals surface area contributed by atoms with Crippen molar-refractivity contribution in [2.24, 2.45) is 0 Å². The van der Waals surface area contributed by atoms with Crippen LogP contribution < -0.4 is 0 Å². The van der Waals surface area contributed by atoms with Crippen molar-refractivity contribution in [2.75, 3.05) is 6.54 Å². The van der Waals surface area contributed by atoms with Gasteiger partial charge in [-0.3, -0.25) is 4.79 Å². The number of rotatable bonds is 4. The molecule has 35 heavy (non-hydrogen) atoms. The summed E-state index contributed by atoms with van der Waals surface area (Å²) in [5, 5.41) is 1.17. The first-order chi connectivity index (χ1) is 16.6. The van der Waals surface area contributed by atoms with E-state index in [0.717, 1.165) is 16.7 Å². The molecule has 5 nitrogen and oxygen atoms in total. The summed E-state index contributed by atoms with van der Waals surface area (Å²) in [6, 6.07) is 25.0. The van der Waals surface area contributed by atoms with E-state index in [0.29, 0.717) is 0 Å². The van der Waals surface area contributed by atoms with Crippen LogP contribution in [0.5, 0.6) is 0 Å². The van der Waals surface area contributed by atoms with E-state index in [9.17, 15) is 9.59 Å². The number of hydroxylamine groups is 2. The Morgan fingerprint density at radius 1 is 0.886 bits per heavy atom. The smallest absolute Gasteiger partial charge is 0.427 e. The van der Waals surface area contributed by atoms with Crippen LogP contribution in [0.4, 0.5) is 4.79 Å². The molecular weight excluding hydrogens is 438 g/mol. The lowest BCUT2D eigenvalue weighted by molar-refractivity contribution is -0.184. The zero-order valence-electron chi connectivity index (χ0n) is 21.1. The van der Waals surface area contributed by atoms with Gasteiger partial charge in [0.2, 0.25) is 0 Å². The number of aryl methyl sites for hydroxylation is 2. The molecule has 0 radical (unpaired) electrons. The molecule has 4 rings (SSSR count). The van der Waals surface area contributed by atoms with Crippen LogP contribution in [0.15, 0.2) is 72.8 Å². The summed E-state index contributed by atoms with van der Waals surface area (Å²) >= 11 is 0. The Balaban J connectivity index is 1.69. The van der Waals surface area contributed by atoms with E-state index in [1.807, 2.05) is 18.2 Å². The molecule has 1 saturated heterocycles. The van der Waals surface area contributed by atoms with Crippen molar-refractivity contribution in [3.63, 3.8) is 0 Å². The molecule has 0 spiro atoms. The molecule has 1 aliphatic heterocycles. The second-order valence-electron chi connectivity index (χ2n) is 10.3. The molecule has 3 aromatic carbocycles. The van der Waals surface area contributed by atoms with Crippen molar-refractivity contribution in [1.29, 1.82) is 0 Å². The lowest BCUT2D eigenvalue weighted by atomic mass is 9.76. The van der Waals surface area contributed by atoms with Gasteiger partial charge in [0.25, 0.3) is 5.91 Å². The molecule has 1 heterocycles. The second-order valence-corrected chi connectivity index (χ2v) is 10.3. The summed E-state index contributed by atoms with van der Waals surface area (Å²) in [6.45, 7) is 9.76. The predicted molar refractivity (Wildman–Crippen MR) is 137 cm³/mol. The van der Waals surface area contributed by atoms with Gasteiger partial charge in [-0.1, -0.05) is 78.4 Å². The van der Waals surface area contributed by atoms with Gasteiger partial charge < -0.3 is 9.57 Å². The second kappa shape index (κ2) is 9.95. The van der Waals surface area contributed by atoms with Crippen molar-refractivity contribution < 1.29 is 19.2 Å². The van der Waals surface area contributed by atoms with Crippen LogP contribution in [-0.4, -0.2) is 29.3 Å². The highest BCUT2D eigenvalue weighted by Gasteiger charge is 2.38. The van der Waals surface area contributed by atoms with Crippen LogP contribution in [-0.2, 0) is 14.4 Å². The van der Waals surface area contributed by atoms with Crippen molar-refractivity contribution in [2.45, 2.75) is 58.5 Å². The van der Waals surface area contributed by atoms with Gasteiger partial charge in [0.1, 0.15) is 5.60 Å². The fraction of sp³-hybridized carbons (Fsp3) is 0.333. The van der Waals surface area contributed by atoms with Crippen molar-refractivity contribution in [3.05, 3.63) is 95.1 Å². The Bertz CT molecular complexity index is 1210. The third kappa shape index (κ3) is 5.91. The fourth-order valence-electron chi connectivity index (χ4n) is 4.66. The van der Waals surface area contributed by atoms with Gasteiger partial charge in [-0.05, 0) is 62.4 Å². The summed E-state index contributed by atoms with van der Waals surface area (Å²) < 4.78 is 5.29. The molecule has 3 aromatic rings. The molecule has 0 N–H and O–H groups in total. The van der Waals surface area contributed by atoms with Crippen LogP contribution in [0.2, 0.25) is 0 Å². The largest absolute Gasteiger partial charge is 0.534 e. The molecule has 2 atom stereocenters. The summed E-state index contributed by atoms with van der Waals surface area (Å²) in [5.41, 5.74) is 6.23. The SMILES string of the molecule is Cc1ccc(C)c(-c2cccc([C@@H]3CN(OC(=O)OC(C)(C)C)C(=O)C[C@@H]3c3ccccc3)c2)c1. The Morgan fingerprint density at radius 2 is 1.60 bits per heavy atom. The number of carbonyl (C=O) groups is 2. The average molecular weight is 472 g/mol. The maximum Gasteiger partial charge on any atom is 0.534 e. The minimum atomic E-state index is -0.869. The fourth-order valence-corrected chi connectivity index (χ4v) is 4.66. The van der Waals surface area contributed by atoms with Crippen molar-refractivity contribution >= 4 is 12.1 Å². The quantitative estimate of drug-likeness (QED) is 0.387. The first-order valence-electron chi connectivity index (χ1n) is 12.0. The number of benzene rings is 3. The van der Waals surface area contributed by atoms with Gasteiger partial charge >= 0.3 is 6.16 Å². The van der Waals surface area contributed by atoms with E-state index in [4.69, 9.17) is 9.57 Å². The number of piperidine rings is 1. The van der Waals surface area contributed by atoms with E-state index < -0.39 is 11.8 Å². The summed E-state index contributed by atoms with van der Waals surface area (Å²) in [5.74, 6) is -0.315. The Morgan fingerprint density at radius 3 is 2.31 bits per heavy atom. The normalized spacial score (nSPS) is 18.3. The molecule has 1 amide bonds. The molecule has 0 unspecified atom stereocenters. The molecule has 182 valence electrons. The third-order valence-corrected chi connectivity index (χ3v) is 6.34. The summed E-state index contributed by atoms with van der Waals surface area (Å²) in [6.07, 6.45) is -0.627. The molecule has 0 aliphatic carbocycles. The zero-order chi connectivity index (χ0) is 25.2. The molecule has 5 heteroatoms. The molecule has 0 aromatic heterocycles. The minimum absolute atomic E-state index is 0.0314. The van der Waals surface area contributed by atoms with Gasteiger partial charge in [-0.15, -0.1) is 0 Å². The van der Waals surface area contributed by atoms with E-state index >= 15 is 0 Å². The van der Waals surface area contributed by atoms with Crippen LogP contribution in [0.1, 0.15) is 61.3 Å². The third-order valence-electron chi connectivity index (χ3n) is 6.34. The highest BCUT2D eigenvalue weighted by Crippen LogP contribution is 2.41. The van der Waals surface area contributed by atoms with E-state index in [-0.39, 0.29) is 30.7 Å². The topological polar surface area (TPSA) is 55.8 Å². The van der Waals surface area contributed by atoms with Gasteiger partial charge in [0.05, 0.1) is 6.54 Å². The van der Waals surface area contributed by atoms with Crippen LogP contribution in [0.3, 0.4) is 0 Å².